The molecule has 1 fully saturated rings. The monoisotopic (exact) mass is 391 g/mol. The quantitative estimate of drug-likeness (QED) is 0.601. The molecule has 4 rings (SSSR count). The first-order valence-electron chi connectivity index (χ1n) is 9.97. The summed E-state index contributed by atoms with van der Waals surface area (Å²) in [5.74, 6) is -0.0631. The maximum absolute atomic E-state index is 12.8. The molecule has 0 bridgehead atoms. The molecule has 7 nitrogen and oxygen atoms in total. The van der Waals surface area contributed by atoms with E-state index in [9.17, 15) is 9.59 Å². The Morgan fingerprint density at radius 1 is 1.28 bits per heavy atom. The van der Waals surface area contributed by atoms with Gasteiger partial charge in [0, 0.05) is 48.0 Å². The molecule has 1 saturated carbocycles. The van der Waals surface area contributed by atoms with E-state index in [1.165, 1.54) is 0 Å². The zero-order valence-electron chi connectivity index (χ0n) is 16.8. The predicted octanol–water partition coefficient (Wildman–Crippen LogP) is 3.00. The number of hydrogen-bond donors (Lipinski definition) is 3. The second-order valence-corrected chi connectivity index (χ2v) is 7.67. The summed E-state index contributed by atoms with van der Waals surface area (Å²) < 4.78 is 0. The van der Waals surface area contributed by atoms with Crippen LogP contribution >= 0.6 is 0 Å². The summed E-state index contributed by atoms with van der Waals surface area (Å²) in [6.45, 7) is 4.17. The molecule has 1 aliphatic carbocycles. The Labute approximate surface area is 169 Å². The molecule has 3 aromatic rings. The number of fused-ring (bicyclic) bond motifs is 1. The van der Waals surface area contributed by atoms with Crippen LogP contribution in [-0.2, 0) is 0 Å². The maximum Gasteiger partial charge on any atom is 0.269 e. The summed E-state index contributed by atoms with van der Waals surface area (Å²) in [6, 6.07) is 5.59. The van der Waals surface area contributed by atoms with Gasteiger partial charge in [-0.1, -0.05) is 13.8 Å². The van der Waals surface area contributed by atoms with E-state index in [2.05, 4.69) is 39.4 Å². The van der Waals surface area contributed by atoms with Crippen molar-refractivity contribution in [2.24, 2.45) is 5.92 Å². The minimum Gasteiger partial charge on any atom is -0.360 e. The minimum atomic E-state index is -0.312. The van der Waals surface area contributed by atoms with Gasteiger partial charge in [0.1, 0.15) is 5.69 Å². The van der Waals surface area contributed by atoms with Crippen LogP contribution in [0.4, 0.5) is 0 Å². The summed E-state index contributed by atoms with van der Waals surface area (Å²) in [5, 5.41) is 6.71. The second-order valence-electron chi connectivity index (χ2n) is 7.67. The van der Waals surface area contributed by atoms with Gasteiger partial charge in [-0.05, 0) is 42.5 Å². The van der Waals surface area contributed by atoms with Gasteiger partial charge >= 0.3 is 0 Å². The van der Waals surface area contributed by atoms with Crippen LogP contribution in [0.15, 0.2) is 36.8 Å². The smallest absolute Gasteiger partial charge is 0.269 e. The molecule has 0 spiro atoms. The fourth-order valence-corrected chi connectivity index (χ4v) is 3.75. The number of hydrogen-bond acceptors (Lipinski definition) is 4. The lowest BCUT2D eigenvalue weighted by atomic mass is 9.90. The molecule has 0 saturated heterocycles. The summed E-state index contributed by atoms with van der Waals surface area (Å²) >= 11 is 0. The molecule has 1 aliphatic rings. The second kappa shape index (κ2) is 7.66. The molecular formula is C22H25N5O2. The third kappa shape index (κ3) is 3.72. The largest absolute Gasteiger partial charge is 0.360 e. The molecule has 0 aliphatic heterocycles. The van der Waals surface area contributed by atoms with E-state index in [-0.39, 0.29) is 29.5 Å². The van der Waals surface area contributed by atoms with E-state index in [1.807, 2.05) is 18.5 Å². The highest BCUT2D eigenvalue weighted by molar-refractivity contribution is 5.99. The van der Waals surface area contributed by atoms with E-state index in [4.69, 9.17) is 0 Å². The number of carbonyl (C=O) groups excluding carboxylic acids is 2. The molecule has 7 heteroatoms. The molecule has 0 aromatic carbocycles. The first kappa shape index (κ1) is 19.1. The Morgan fingerprint density at radius 3 is 2.76 bits per heavy atom. The normalized spacial score (nSPS) is 19.0. The Kier molecular flexibility index (Phi) is 5.05. The van der Waals surface area contributed by atoms with E-state index in [0.29, 0.717) is 17.2 Å². The Bertz CT molecular complexity index is 1070. The molecule has 150 valence electrons. The third-order valence-corrected chi connectivity index (χ3v) is 5.64. The molecule has 0 radical (unpaired) electrons. The number of rotatable bonds is 6. The standard InChI is InChI=1S/C22H25N5O2/c1-4-14(16-10-24-11-20-15(16)5-6-25-20)18-8-13(9-19(26-18)22(29)23-3)21(28)27-17-7-12(17)2/h5-6,8-12,14,17,25H,4,7H2,1-3H3,(H,23,29)(H,27,28)/t12-,14?,17-/m0/s1. The highest BCUT2D eigenvalue weighted by Gasteiger charge is 2.34. The molecule has 1 unspecified atom stereocenters. The number of carbonyl (C=O) groups is 2. The number of aromatic amines is 1. The summed E-state index contributed by atoms with van der Waals surface area (Å²) in [5.41, 5.74) is 3.36. The van der Waals surface area contributed by atoms with Gasteiger partial charge in [-0.2, -0.15) is 0 Å². The molecule has 3 aromatic heterocycles. The van der Waals surface area contributed by atoms with Crippen LogP contribution in [0.25, 0.3) is 10.9 Å². The Balaban J connectivity index is 1.78. The average molecular weight is 391 g/mol. The molecule has 29 heavy (non-hydrogen) atoms. The van der Waals surface area contributed by atoms with Crippen LogP contribution in [0, 0.1) is 5.92 Å². The molecule has 2 amide bonds. The van der Waals surface area contributed by atoms with Crippen LogP contribution < -0.4 is 10.6 Å². The number of amides is 2. The summed E-state index contributed by atoms with van der Waals surface area (Å²) in [7, 11) is 1.56. The fraction of sp³-hybridized carbons (Fsp3) is 0.364. The lowest BCUT2D eigenvalue weighted by molar-refractivity contribution is 0.0949. The number of H-pyrrole nitrogens is 1. The van der Waals surface area contributed by atoms with Gasteiger partial charge in [-0.25, -0.2) is 4.98 Å². The van der Waals surface area contributed by atoms with Gasteiger partial charge in [0.2, 0.25) is 0 Å². The van der Waals surface area contributed by atoms with Gasteiger partial charge in [-0.3, -0.25) is 14.6 Å². The third-order valence-electron chi connectivity index (χ3n) is 5.64. The van der Waals surface area contributed by atoms with E-state index < -0.39 is 0 Å². The minimum absolute atomic E-state index is 0.0852. The van der Waals surface area contributed by atoms with Crippen LogP contribution in [-0.4, -0.2) is 39.9 Å². The zero-order valence-corrected chi connectivity index (χ0v) is 16.8. The van der Waals surface area contributed by atoms with Gasteiger partial charge in [-0.15, -0.1) is 0 Å². The first-order chi connectivity index (χ1) is 14.0. The Morgan fingerprint density at radius 2 is 2.07 bits per heavy atom. The fourth-order valence-electron chi connectivity index (χ4n) is 3.75. The van der Waals surface area contributed by atoms with Crippen LogP contribution in [0.5, 0.6) is 0 Å². The SMILES string of the molecule is CCC(c1cc(C(=O)N[C@H]2C[C@@H]2C)cc(C(=O)NC)n1)c1cncc2[nH]ccc12. The molecule has 3 atom stereocenters. The number of pyridine rings is 2. The predicted molar refractivity (Wildman–Crippen MR) is 111 cm³/mol. The van der Waals surface area contributed by atoms with Gasteiger partial charge < -0.3 is 15.6 Å². The first-order valence-corrected chi connectivity index (χ1v) is 9.97. The van der Waals surface area contributed by atoms with Crippen molar-refractivity contribution in [3.63, 3.8) is 0 Å². The lowest BCUT2D eigenvalue weighted by Crippen LogP contribution is -2.28. The Hall–Kier alpha value is -3.22. The van der Waals surface area contributed by atoms with E-state index in [0.717, 1.165) is 29.3 Å². The maximum atomic E-state index is 12.8. The van der Waals surface area contributed by atoms with Crippen LogP contribution in [0.2, 0.25) is 0 Å². The molecular weight excluding hydrogens is 366 g/mol. The van der Waals surface area contributed by atoms with Crippen molar-refractivity contribution in [2.45, 2.75) is 38.6 Å². The van der Waals surface area contributed by atoms with Crippen molar-refractivity contribution in [2.75, 3.05) is 7.05 Å². The molecule has 3 N–H and O–H groups in total. The highest BCUT2D eigenvalue weighted by atomic mass is 16.2. The number of nitrogens with one attached hydrogen (secondary N) is 3. The lowest BCUT2D eigenvalue weighted by Gasteiger charge is -2.18. The van der Waals surface area contributed by atoms with Crippen molar-refractivity contribution in [1.29, 1.82) is 0 Å². The number of aromatic nitrogens is 3. The van der Waals surface area contributed by atoms with Crippen molar-refractivity contribution >= 4 is 22.7 Å². The van der Waals surface area contributed by atoms with Crippen molar-refractivity contribution in [3.05, 3.63) is 59.3 Å². The van der Waals surface area contributed by atoms with Crippen LogP contribution in [0.3, 0.4) is 0 Å². The van der Waals surface area contributed by atoms with Gasteiger partial charge in [0.25, 0.3) is 11.8 Å². The van der Waals surface area contributed by atoms with E-state index in [1.54, 1.807) is 25.4 Å². The topological polar surface area (TPSA) is 99.8 Å². The van der Waals surface area contributed by atoms with Crippen molar-refractivity contribution in [3.8, 4) is 0 Å². The van der Waals surface area contributed by atoms with Crippen molar-refractivity contribution in [1.82, 2.24) is 25.6 Å². The zero-order chi connectivity index (χ0) is 20.5. The van der Waals surface area contributed by atoms with Gasteiger partial charge in [0.05, 0.1) is 11.7 Å². The van der Waals surface area contributed by atoms with Gasteiger partial charge in [0.15, 0.2) is 0 Å². The molecule has 3 heterocycles. The van der Waals surface area contributed by atoms with Crippen LogP contribution in [0.1, 0.15) is 64.7 Å². The van der Waals surface area contributed by atoms with E-state index >= 15 is 0 Å². The summed E-state index contributed by atoms with van der Waals surface area (Å²) in [6.07, 6.45) is 7.26. The number of nitrogens with zero attached hydrogens (tertiary/aromatic N) is 2. The average Bonchev–Trinajstić information content (AvgIpc) is 3.21. The highest BCUT2D eigenvalue weighted by Crippen LogP contribution is 2.33. The van der Waals surface area contributed by atoms with Crippen molar-refractivity contribution < 1.29 is 9.59 Å². The summed E-state index contributed by atoms with van der Waals surface area (Å²) in [4.78, 5) is 37.2.